The fraction of sp³-hybridized carbons (Fsp3) is 0.556. The van der Waals surface area contributed by atoms with Crippen LogP contribution < -0.4 is 20.5 Å². The van der Waals surface area contributed by atoms with Crippen molar-refractivity contribution in [1.29, 1.82) is 0 Å². The van der Waals surface area contributed by atoms with Crippen LogP contribution in [0.4, 0.5) is 5.82 Å². The molecule has 1 aromatic heterocycles. The first kappa shape index (κ1) is 23.9. The summed E-state index contributed by atoms with van der Waals surface area (Å²) < 4.78 is 17.7. The van der Waals surface area contributed by atoms with Gasteiger partial charge in [-0.15, -0.1) is 0 Å². The lowest BCUT2D eigenvalue weighted by molar-refractivity contribution is -0.136. The predicted octanol–water partition coefficient (Wildman–Crippen LogP) is 3.47. The van der Waals surface area contributed by atoms with Crippen LogP contribution in [0.3, 0.4) is 0 Å². The van der Waals surface area contributed by atoms with Gasteiger partial charge in [0.25, 0.3) is 0 Å². The van der Waals surface area contributed by atoms with Gasteiger partial charge in [-0.1, -0.05) is 19.9 Å². The van der Waals surface area contributed by atoms with Gasteiger partial charge in [0.2, 0.25) is 5.91 Å². The van der Waals surface area contributed by atoms with Crippen LogP contribution in [0.1, 0.15) is 73.6 Å². The minimum absolute atomic E-state index is 0.0480. The largest absolute Gasteiger partial charge is 0.497 e. The fourth-order valence-electron chi connectivity index (χ4n) is 5.59. The number of hydrogen-bond acceptors (Lipinski definition) is 7. The van der Waals surface area contributed by atoms with Gasteiger partial charge in [0.15, 0.2) is 0 Å². The minimum Gasteiger partial charge on any atom is -0.497 e. The van der Waals surface area contributed by atoms with Crippen LogP contribution in [0.5, 0.6) is 11.5 Å². The third-order valence-electron chi connectivity index (χ3n) is 7.50. The zero-order valence-electron chi connectivity index (χ0n) is 21.1. The molecule has 3 N–H and O–H groups in total. The van der Waals surface area contributed by atoms with Gasteiger partial charge in [-0.25, -0.2) is 4.98 Å². The molecule has 0 aliphatic carbocycles. The second-order valence-electron chi connectivity index (χ2n) is 10.1. The number of aromatic nitrogens is 1. The molecule has 1 fully saturated rings. The molecule has 0 saturated carbocycles. The Morgan fingerprint density at radius 1 is 1.31 bits per heavy atom. The number of ether oxygens (including phenoxy) is 3. The van der Waals surface area contributed by atoms with Gasteiger partial charge in [0.05, 0.1) is 38.1 Å². The Balaban J connectivity index is 1.30. The third-order valence-corrected chi connectivity index (χ3v) is 7.50. The first-order valence-corrected chi connectivity index (χ1v) is 12.6. The van der Waals surface area contributed by atoms with E-state index in [2.05, 4.69) is 30.2 Å². The Labute approximate surface area is 207 Å². The molecule has 3 atom stereocenters. The monoisotopic (exact) mass is 480 g/mol. The van der Waals surface area contributed by atoms with E-state index in [4.69, 9.17) is 19.9 Å². The lowest BCUT2D eigenvalue weighted by Gasteiger charge is -2.37. The first-order chi connectivity index (χ1) is 16.9. The average molecular weight is 481 g/mol. The predicted molar refractivity (Wildman–Crippen MR) is 133 cm³/mol. The molecular formula is C27H36N4O4. The van der Waals surface area contributed by atoms with Gasteiger partial charge in [0.1, 0.15) is 23.4 Å². The van der Waals surface area contributed by atoms with Crippen LogP contribution in [0.15, 0.2) is 18.2 Å². The van der Waals surface area contributed by atoms with Crippen molar-refractivity contribution in [3.8, 4) is 11.5 Å². The summed E-state index contributed by atoms with van der Waals surface area (Å²) in [5.41, 5.74) is 11.5. The molecule has 0 bridgehead atoms. The highest BCUT2D eigenvalue weighted by Crippen LogP contribution is 2.38. The summed E-state index contributed by atoms with van der Waals surface area (Å²) in [4.78, 5) is 20.2. The van der Waals surface area contributed by atoms with E-state index in [1.807, 2.05) is 24.0 Å². The van der Waals surface area contributed by atoms with Gasteiger partial charge in [-0.2, -0.15) is 0 Å². The van der Waals surface area contributed by atoms with Gasteiger partial charge < -0.3 is 24.8 Å². The number of nitrogens with one attached hydrogen (secondary N) is 1. The van der Waals surface area contributed by atoms with Crippen molar-refractivity contribution in [3.63, 3.8) is 0 Å². The van der Waals surface area contributed by atoms with E-state index in [9.17, 15) is 4.79 Å². The summed E-state index contributed by atoms with van der Waals surface area (Å²) in [6.45, 7) is 8.71. The Morgan fingerprint density at radius 2 is 2.14 bits per heavy atom. The quantitative estimate of drug-likeness (QED) is 0.676. The lowest BCUT2D eigenvalue weighted by Crippen LogP contribution is -2.53. The molecule has 188 valence electrons. The van der Waals surface area contributed by atoms with E-state index in [1.54, 1.807) is 7.11 Å². The fourth-order valence-corrected chi connectivity index (χ4v) is 5.59. The second kappa shape index (κ2) is 9.66. The molecule has 0 spiro atoms. The van der Waals surface area contributed by atoms with E-state index in [0.29, 0.717) is 37.9 Å². The van der Waals surface area contributed by atoms with Crippen molar-refractivity contribution in [2.75, 3.05) is 25.9 Å². The number of nitrogens with zero attached hydrogens (tertiary/aromatic N) is 2. The summed E-state index contributed by atoms with van der Waals surface area (Å²) in [6.07, 6.45) is 2.34. The number of hydrogen-bond donors (Lipinski definition) is 2. The van der Waals surface area contributed by atoms with Crippen molar-refractivity contribution in [2.45, 2.75) is 77.4 Å². The Morgan fingerprint density at radius 3 is 2.91 bits per heavy atom. The highest BCUT2D eigenvalue weighted by Gasteiger charge is 2.36. The standard InChI is InChI=1S/C27H36N4O4/c1-15(2)19-8-7-17(33-4)10-24(19)35-18-6-5-9-31(13-18)27(32)22-11-20-21-14-34-16(3)25(21)26(28)30-23(20)12-29-22/h7-8,10,15-16,18,22,29H,5-6,9,11-14H2,1-4H3,(H2,28,30)/t16-,18+,22-/m1/s1. The summed E-state index contributed by atoms with van der Waals surface area (Å²) in [5, 5.41) is 3.40. The number of rotatable bonds is 5. The number of methoxy groups -OCH3 is 1. The number of pyridine rings is 1. The topological polar surface area (TPSA) is 98.9 Å². The molecule has 4 heterocycles. The van der Waals surface area contributed by atoms with E-state index in [0.717, 1.165) is 58.8 Å². The number of carbonyl (C=O) groups is 1. The Kier molecular flexibility index (Phi) is 6.59. The first-order valence-electron chi connectivity index (χ1n) is 12.6. The molecule has 8 nitrogen and oxygen atoms in total. The van der Waals surface area contributed by atoms with Gasteiger partial charge in [0, 0.05) is 24.7 Å². The maximum absolute atomic E-state index is 13.6. The number of anilines is 1. The Hall–Kier alpha value is -2.84. The number of benzene rings is 1. The van der Waals surface area contributed by atoms with E-state index < -0.39 is 0 Å². The van der Waals surface area contributed by atoms with E-state index >= 15 is 0 Å². The number of fused-ring (bicyclic) bond motifs is 3. The number of likely N-dealkylation sites (tertiary alicyclic amines) is 1. The molecule has 0 radical (unpaired) electrons. The SMILES string of the molecule is COc1ccc(C(C)C)c(O[C@H]2CCCN(C(=O)[C@H]3Cc4c(nc(N)c5c4CO[C@@H]5C)CN3)C2)c1. The zero-order valence-corrected chi connectivity index (χ0v) is 21.1. The second-order valence-corrected chi connectivity index (χ2v) is 10.1. The molecule has 1 amide bonds. The summed E-state index contributed by atoms with van der Waals surface area (Å²) >= 11 is 0. The normalized spacial score (nSPS) is 23.7. The minimum atomic E-state index is -0.283. The molecular weight excluding hydrogens is 444 g/mol. The maximum Gasteiger partial charge on any atom is 0.240 e. The number of piperidine rings is 1. The third kappa shape index (κ3) is 4.57. The molecule has 1 saturated heterocycles. The summed E-state index contributed by atoms with van der Waals surface area (Å²) in [7, 11) is 1.66. The highest BCUT2D eigenvalue weighted by molar-refractivity contribution is 5.83. The van der Waals surface area contributed by atoms with Crippen LogP contribution in [-0.4, -0.2) is 48.1 Å². The molecule has 8 heteroatoms. The van der Waals surface area contributed by atoms with Crippen LogP contribution in [0.25, 0.3) is 0 Å². The zero-order chi connectivity index (χ0) is 24.7. The van der Waals surface area contributed by atoms with Crippen LogP contribution >= 0.6 is 0 Å². The molecule has 0 unspecified atom stereocenters. The van der Waals surface area contributed by atoms with Crippen molar-refractivity contribution in [2.24, 2.45) is 0 Å². The van der Waals surface area contributed by atoms with E-state index in [1.165, 1.54) is 0 Å². The summed E-state index contributed by atoms with van der Waals surface area (Å²) in [6, 6.07) is 5.71. The number of amides is 1. The molecule has 5 rings (SSSR count). The smallest absolute Gasteiger partial charge is 0.240 e. The van der Waals surface area contributed by atoms with Gasteiger partial charge in [-0.05, 0) is 54.9 Å². The van der Waals surface area contributed by atoms with Crippen molar-refractivity contribution in [3.05, 3.63) is 46.1 Å². The molecule has 1 aromatic carbocycles. The van der Waals surface area contributed by atoms with Crippen LogP contribution in [0, 0.1) is 0 Å². The number of nitrogen functional groups attached to an aromatic ring is 1. The average Bonchev–Trinajstić information content (AvgIpc) is 3.26. The van der Waals surface area contributed by atoms with Crippen LogP contribution in [-0.2, 0) is 29.1 Å². The van der Waals surface area contributed by atoms with Crippen molar-refractivity contribution >= 4 is 11.7 Å². The lowest BCUT2D eigenvalue weighted by atomic mass is 9.91. The molecule has 2 aromatic rings. The molecule has 35 heavy (non-hydrogen) atoms. The molecule has 3 aliphatic heterocycles. The van der Waals surface area contributed by atoms with Gasteiger partial charge >= 0.3 is 0 Å². The van der Waals surface area contributed by atoms with Crippen LogP contribution in [0.2, 0.25) is 0 Å². The maximum atomic E-state index is 13.6. The van der Waals surface area contributed by atoms with Gasteiger partial charge in [-0.3, -0.25) is 10.1 Å². The van der Waals surface area contributed by atoms with Crippen molar-refractivity contribution in [1.82, 2.24) is 15.2 Å². The summed E-state index contributed by atoms with van der Waals surface area (Å²) in [5.74, 6) is 2.62. The molecule has 3 aliphatic rings. The Bertz CT molecular complexity index is 1120. The van der Waals surface area contributed by atoms with Crippen molar-refractivity contribution < 1.29 is 19.0 Å². The number of carbonyl (C=O) groups excluding carboxylic acids is 1. The number of nitrogens with two attached hydrogens (primary N) is 1. The van der Waals surface area contributed by atoms with E-state index in [-0.39, 0.29) is 24.2 Å². The highest BCUT2D eigenvalue weighted by atomic mass is 16.5.